The van der Waals surface area contributed by atoms with Gasteiger partial charge < -0.3 is 15.2 Å². The fraction of sp³-hybridized carbons (Fsp3) is 0.625. The Bertz CT molecular complexity index is 366. The lowest BCUT2D eigenvalue weighted by Gasteiger charge is -2.24. The normalized spacial score (nSPS) is 14.4. The monoisotopic (exact) mass is 265 g/mol. The summed E-state index contributed by atoms with van der Waals surface area (Å²) >= 11 is 0. The fourth-order valence-corrected chi connectivity index (χ4v) is 1.93. The van der Waals surface area contributed by atoms with E-state index in [9.17, 15) is 0 Å². The van der Waals surface area contributed by atoms with Crippen LogP contribution in [0, 0.1) is 5.92 Å². The van der Waals surface area contributed by atoms with Gasteiger partial charge in [0.15, 0.2) is 0 Å². The van der Waals surface area contributed by atoms with Crippen LogP contribution in [0.1, 0.15) is 45.3 Å². The third kappa shape index (κ3) is 5.21. The zero-order valence-electron chi connectivity index (χ0n) is 12.6. The topological polar surface area (TPSA) is 44.5 Å². The average molecular weight is 265 g/mol. The molecule has 2 N–H and O–H groups in total. The standard InChI is InChI=1S/C16H27NO2/c1-5-15(17)16(19-10-9-12(2)3)13-7-6-8-14(11-13)18-4/h6-8,11-12,15-16H,5,9-10,17H2,1-4H3. The summed E-state index contributed by atoms with van der Waals surface area (Å²) in [6.07, 6.45) is 1.89. The maximum absolute atomic E-state index is 6.19. The van der Waals surface area contributed by atoms with E-state index in [2.05, 4.69) is 26.8 Å². The van der Waals surface area contributed by atoms with E-state index in [4.69, 9.17) is 15.2 Å². The molecule has 0 fully saturated rings. The zero-order chi connectivity index (χ0) is 14.3. The van der Waals surface area contributed by atoms with E-state index in [-0.39, 0.29) is 12.1 Å². The van der Waals surface area contributed by atoms with Crippen molar-refractivity contribution < 1.29 is 9.47 Å². The number of rotatable bonds is 8. The van der Waals surface area contributed by atoms with Crippen LogP contribution in [0.25, 0.3) is 0 Å². The number of hydrogen-bond acceptors (Lipinski definition) is 3. The van der Waals surface area contributed by atoms with Gasteiger partial charge in [0.25, 0.3) is 0 Å². The van der Waals surface area contributed by atoms with Crippen molar-refractivity contribution in [3.05, 3.63) is 29.8 Å². The Morgan fingerprint density at radius 1 is 1.26 bits per heavy atom. The van der Waals surface area contributed by atoms with Crippen molar-refractivity contribution in [3.63, 3.8) is 0 Å². The van der Waals surface area contributed by atoms with E-state index in [0.717, 1.165) is 30.8 Å². The molecule has 0 aliphatic rings. The Morgan fingerprint density at radius 3 is 2.58 bits per heavy atom. The molecule has 2 atom stereocenters. The molecule has 0 aromatic heterocycles. The van der Waals surface area contributed by atoms with Crippen LogP contribution in [-0.2, 0) is 4.74 Å². The lowest BCUT2D eigenvalue weighted by molar-refractivity contribution is 0.0274. The maximum atomic E-state index is 6.19. The Labute approximate surface area is 117 Å². The SMILES string of the molecule is CCC(N)C(OCCC(C)C)c1cccc(OC)c1. The number of nitrogens with two attached hydrogens (primary N) is 1. The van der Waals surface area contributed by atoms with Gasteiger partial charge in [0.1, 0.15) is 5.75 Å². The van der Waals surface area contributed by atoms with Crippen molar-refractivity contribution in [2.24, 2.45) is 11.7 Å². The molecule has 0 amide bonds. The molecule has 0 aliphatic carbocycles. The van der Waals surface area contributed by atoms with Gasteiger partial charge in [-0.15, -0.1) is 0 Å². The number of hydrogen-bond donors (Lipinski definition) is 1. The molecule has 1 rings (SSSR count). The number of benzene rings is 1. The molecule has 3 nitrogen and oxygen atoms in total. The van der Waals surface area contributed by atoms with E-state index in [1.165, 1.54) is 0 Å². The quantitative estimate of drug-likeness (QED) is 0.782. The first-order chi connectivity index (χ1) is 9.08. The van der Waals surface area contributed by atoms with E-state index in [1.807, 2.05) is 18.2 Å². The van der Waals surface area contributed by atoms with E-state index >= 15 is 0 Å². The highest BCUT2D eigenvalue weighted by Crippen LogP contribution is 2.26. The van der Waals surface area contributed by atoms with Crippen LogP contribution in [0.15, 0.2) is 24.3 Å². The van der Waals surface area contributed by atoms with Gasteiger partial charge in [-0.25, -0.2) is 0 Å². The van der Waals surface area contributed by atoms with Gasteiger partial charge in [-0.05, 0) is 36.5 Å². The van der Waals surface area contributed by atoms with E-state index in [1.54, 1.807) is 7.11 Å². The maximum Gasteiger partial charge on any atom is 0.119 e. The van der Waals surface area contributed by atoms with Crippen molar-refractivity contribution in [1.82, 2.24) is 0 Å². The zero-order valence-corrected chi connectivity index (χ0v) is 12.6. The molecule has 0 aliphatic heterocycles. The molecular weight excluding hydrogens is 238 g/mol. The highest BCUT2D eigenvalue weighted by molar-refractivity contribution is 5.30. The van der Waals surface area contributed by atoms with Gasteiger partial charge in [-0.2, -0.15) is 0 Å². The second kappa shape index (κ2) is 8.18. The van der Waals surface area contributed by atoms with Crippen molar-refractivity contribution in [2.45, 2.75) is 45.8 Å². The van der Waals surface area contributed by atoms with Crippen molar-refractivity contribution in [2.75, 3.05) is 13.7 Å². The second-order valence-corrected chi connectivity index (χ2v) is 5.32. The molecule has 0 radical (unpaired) electrons. The van der Waals surface area contributed by atoms with Crippen LogP contribution in [0.4, 0.5) is 0 Å². The molecule has 0 saturated heterocycles. The van der Waals surface area contributed by atoms with Gasteiger partial charge in [0.2, 0.25) is 0 Å². The average Bonchev–Trinajstić information content (AvgIpc) is 2.42. The van der Waals surface area contributed by atoms with Gasteiger partial charge in [-0.1, -0.05) is 32.9 Å². The summed E-state index contributed by atoms with van der Waals surface area (Å²) in [4.78, 5) is 0. The van der Waals surface area contributed by atoms with Crippen molar-refractivity contribution in [1.29, 1.82) is 0 Å². The minimum absolute atomic E-state index is 0.0132. The Hall–Kier alpha value is -1.06. The third-order valence-electron chi connectivity index (χ3n) is 3.28. The van der Waals surface area contributed by atoms with Crippen LogP contribution < -0.4 is 10.5 Å². The summed E-state index contributed by atoms with van der Waals surface area (Å²) in [5.74, 6) is 1.49. The number of methoxy groups -OCH3 is 1. The molecule has 19 heavy (non-hydrogen) atoms. The third-order valence-corrected chi connectivity index (χ3v) is 3.28. The second-order valence-electron chi connectivity index (χ2n) is 5.32. The minimum atomic E-state index is -0.0566. The molecule has 0 bridgehead atoms. The van der Waals surface area contributed by atoms with Crippen LogP contribution in [-0.4, -0.2) is 19.8 Å². The highest BCUT2D eigenvalue weighted by atomic mass is 16.5. The molecule has 0 spiro atoms. The molecular formula is C16H27NO2. The van der Waals surface area contributed by atoms with Gasteiger partial charge in [-0.3, -0.25) is 0 Å². The first-order valence-electron chi connectivity index (χ1n) is 7.09. The molecule has 2 unspecified atom stereocenters. The Balaban J connectivity index is 2.77. The van der Waals surface area contributed by atoms with E-state index in [0.29, 0.717) is 5.92 Å². The summed E-state index contributed by atoms with van der Waals surface area (Å²) in [6.45, 7) is 7.23. The van der Waals surface area contributed by atoms with Crippen molar-refractivity contribution >= 4 is 0 Å². The predicted octanol–water partition coefficient (Wildman–Crippen LogP) is 3.54. The summed E-state index contributed by atoms with van der Waals surface area (Å²) in [6, 6.07) is 7.99. The number of ether oxygens (including phenoxy) is 2. The van der Waals surface area contributed by atoms with E-state index < -0.39 is 0 Å². The van der Waals surface area contributed by atoms with Crippen LogP contribution in [0.3, 0.4) is 0 Å². The predicted molar refractivity (Wildman–Crippen MR) is 79.4 cm³/mol. The minimum Gasteiger partial charge on any atom is -0.497 e. The summed E-state index contributed by atoms with van der Waals surface area (Å²) in [5.41, 5.74) is 7.29. The van der Waals surface area contributed by atoms with Crippen LogP contribution in [0.5, 0.6) is 5.75 Å². The Kier molecular flexibility index (Phi) is 6.89. The van der Waals surface area contributed by atoms with Gasteiger partial charge >= 0.3 is 0 Å². The highest BCUT2D eigenvalue weighted by Gasteiger charge is 2.19. The molecule has 0 heterocycles. The molecule has 3 heteroatoms. The lowest BCUT2D eigenvalue weighted by atomic mass is 10.0. The molecule has 108 valence electrons. The van der Waals surface area contributed by atoms with Crippen molar-refractivity contribution in [3.8, 4) is 5.75 Å². The smallest absolute Gasteiger partial charge is 0.119 e. The molecule has 0 saturated carbocycles. The summed E-state index contributed by atoms with van der Waals surface area (Å²) < 4.78 is 11.3. The van der Waals surface area contributed by atoms with Crippen LogP contribution >= 0.6 is 0 Å². The fourth-order valence-electron chi connectivity index (χ4n) is 1.93. The largest absolute Gasteiger partial charge is 0.497 e. The van der Waals surface area contributed by atoms with Gasteiger partial charge in [0.05, 0.1) is 13.2 Å². The molecule has 1 aromatic carbocycles. The van der Waals surface area contributed by atoms with Gasteiger partial charge in [0, 0.05) is 12.6 Å². The first kappa shape index (κ1) is 16.0. The molecule has 1 aromatic rings. The first-order valence-corrected chi connectivity index (χ1v) is 7.09. The van der Waals surface area contributed by atoms with Crippen LogP contribution in [0.2, 0.25) is 0 Å². The summed E-state index contributed by atoms with van der Waals surface area (Å²) in [7, 11) is 1.67. The Morgan fingerprint density at radius 2 is 2.00 bits per heavy atom. The summed E-state index contributed by atoms with van der Waals surface area (Å²) in [5, 5.41) is 0. The lowest BCUT2D eigenvalue weighted by Crippen LogP contribution is -2.30.